The Morgan fingerprint density at radius 1 is 0.625 bits per heavy atom. The second kappa shape index (κ2) is 5.08. The minimum absolute atomic E-state index is 0.125. The fraction of sp³-hybridized carbons (Fsp3) is 0.0909. The third-order valence-electron chi connectivity index (χ3n) is 4.94. The monoisotopic (exact) mass is 311 g/mol. The second-order valence-electron chi connectivity index (χ2n) is 6.25. The lowest BCUT2D eigenvalue weighted by atomic mass is 9.89. The van der Waals surface area contributed by atoms with Gasteiger partial charge in [-0.2, -0.15) is 0 Å². The predicted molar refractivity (Wildman–Crippen MR) is 103 cm³/mol. The molecule has 5 rings (SSSR count). The van der Waals surface area contributed by atoms with Gasteiger partial charge in [-0.05, 0) is 43.8 Å². The molecule has 0 bridgehead atoms. The first kappa shape index (κ1) is 13.6. The highest BCUT2D eigenvalue weighted by atomic mass is 16.3. The molecule has 2 heteroatoms. The van der Waals surface area contributed by atoms with Gasteiger partial charge in [-0.1, -0.05) is 60.7 Å². The Morgan fingerprint density at radius 3 is 1.96 bits per heavy atom. The first-order chi connectivity index (χ1) is 11.9. The van der Waals surface area contributed by atoms with Crippen LogP contribution in [-0.2, 0) is 0 Å². The van der Waals surface area contributed by atoms with Crippen LogP contribution in [0, 0.1) is 0 Å². The van der Waals surface area contributed by atoms with Crippen molar-refractivity contribution in [1.29, 1.82) is 0 Å². The number of fused-ring (bicyclic) bond motifs is 2. The average Bonchev–Trinajstić information content (AvgIpc) is 2.64. The lowest BCUT2D eigenvalue weighted by Crippen LogP contribution is -2.06. The number of benzene rings is 5. The number of aliphatic hydroxyl groups is 1. The van der Waals surface area contributed by atoms with E-state index in [9.17, 15) is 5.11 Å². The Hall–Kier alpha value is -2.84. The first-order valence-electron chi connectivity index (χ1n) is 8.31. The van der Waals surface area contributed by atoms with Crippen LogP contribution in [0.25, 0.3) is 43.1 Å². The molecule has 0 aliphatic rings. The Morgan fingerprint density at radius 2 is 1.25 bits per heavy atom. The van der Waals surface area contributed by atoms with Crippen LogP contribution < -0.4 is 5.32 Å². The minimum atomic E-state index is 0.125. The molecule has 2 nitrogen and oxygen atoms in total. The highest BCUT2D eigenvalue weighted by Gasteiger charge is 2.14. The van der Waals surface area contributed by atoms with E-state index in [1.165, 1.54) is 43.1 Å². The molecule has 5 aromatic carbocycles. The molecular formula is C22H17NO. The fourth-order valence-electron chi connectivity index (χ4n) is 4.00. The van der Waals surface area contributed by atoms with E-state index in [-0.39, 0.29) is 6.61 Å². The van der Waals surface area contributed by atoms with Gasteiger partial charge in [-0.25, -0.2) is 0 Å². The van der Waals surface area contributed by atoms with E-state index in [4.69, 9.17) is 0 Å². The van der Waals surface area contributed by atoms with Crippen molar-refractivity contribution in [3.8, 4) is 0 Å². The second-order valence-corrected chi connectivity index (χ2v) is 6.25. The summed E-state index contributed by atoms with van der Waals surface area (Å²) in [6, 6.07) is 23.9. The third kappa shape index (κ3) is 1.75. The van der Waals surface area contributed by atoms with Crippen LogP contribution in [0.5, 0.6) is 0 Å². The molecule has 2 N–H and O–H groups in total. The maximum Gasteiger partial charge on any atom is 0.0604 e. The average molecular weight is 311 g/mol. The predicted octanol–water partition coefficient (Wildman–Crippen LogP) is 5.14. The van der Waals surface area contributed by atoms with E-state index in [0.29, 0.717) is 6.54 Å². The zero-order valence-corrected chi connectivity index (χ0v) is 13.2. The molecule has 0 amide bonds. The number of rotatable bonds is 3. The molecule has 0 saturated heterocycles. The van der Waals surface area contributed by atoms with E-state index in [0.717, 1.165) is 5.69 Å². The minimum Gasteiger partial charge on any atom is -0.395 e. The van der Waals surface area contributed by atoms with Crippen molar-refractivity contribution in [3.63, 3.8) is 0 Å². The highest BCUT2D eigenvalue weighted by Crippen LogP contribution is 2.42. The normalized spacial score (nSPS) is 11.9. The van der Waals surface area contributed by atoms with Crippen molar-refractivity contribution in [2.24, 2.45) is 0 Å². The standard InChI is InChI=1S/C22H17NO/c24-13-12-23-19-11-10-15-6-2-8-17-16-7-1-4-14-5-3-9-18(20(14)16)22(19)21(15)17/h1-11,23-24H,12-13H2. The molecule has 0 radical (unpaired) electrons. The molecule has 0 aliphatic carbocycles. The maximum atomic E-state index is 9.22. The summed E-state index contributed by atoms with van der Waals surface area (Å²) in [6.07, 6.45) is 0. The van der Waals surface area contributed by atoms with Gasteiger partial charge < -0.3 is 10.4 Å². The van der Waals surface area contributed by atoms with Crippen molar-refractivity contribution < 1.29 is 5.11 Å². The molecule has 0 fully saturated rings. The van der Waals surface area contributed by atoms with Crippen molar-refractivity contribution in [2.75, 3.05) is 18.5 Å². The zero-order valence-electron chi connectivity index (χ0n) is 13.2. The Bertz CT molecular complexity index is 1190. The van der Waals surface area contributed by atoms with Gasteiger partial charge in [-0.15, -0.1) is 0 Å². The maximum absolute atomic E-state index is 9.22. The lowest BCUT2D eigenvalue weighted by Gasteiger charge is -2.17. The van der Waals surface area contributed by atoms with Gasteiger partial charge in [-0.3, -0.25) is 0 Å². The summed E-state index contributed by atoms with van der Waals surface area (Å²) in [7, 11) is 0. The van der Waals surface area contributed by atoms with Crippen molar-refractivity contribution in [2.45, 2.75) is 0 Å². The van der Waals surface area contributed by atoms with Crippen LogP contribution in [0.15, 0.2) is 66.7 Å². The molecule has 0 aliphatic heterocycles. The molecule has 0 spiro atoms. The highest BCUT2D eigenvalue weighted by molar-refractivity contribution is 6.35. The van der Waals surface area contributed by atoms with Crippen LogP contribution in [0.4, 0.5) is 5.69 Å². The van der Waals surface area contributed by atoms with Crippen LogP contribution in [0.1, 0.15) is 0 Å². The first-order valence-corrected chi connectivity index (χ1v) is 8.31. The summed E-state index contributed by atoms with van der Waals surface area (Å²) in [6.45, 7) is 0.679. The van der Waals surface area contributed by atoms with E-state index in [1.807, 2.05) is 0 Å². The molecule has 0 aromatic heterocycles. The quantitative estimate of drug-likeness (QED) is 0.357. The van der Waals surface area contributed by atoms with Crippen molar-refractivity contribution in [3.05, 3.63) is 66.7 Å². The topological polar surface area (TPSA) is 32.3 Å². The zero-order chi connectivity index (χ0) is 16.1. The summed E-state index contributed by atoms with van der Waals surface area (Å²) in [5.74, 6) is 0. The molecule has 0 saturated carbocycles. The largest absolute Gasteiger partial charge is 0.395 e. The van der Waals surface area contributed by atoms with E-state index < -0.39 is 0 Å². The van der Waals surface area contributed by atoms with Crippen LogP contribution in [0.3, 0.4) is 0 Å². The molecule has 116 valence electrons. The molecule has 5 aromatic rings. The van der Waals surface area contributed by atoms with Gasteiger partial charge in [0.1, 0.15) is 0 Å². The SMILES string of the molecule is OCCNc1ccc2cccc3c4cccc5cccc(c1c23)c54. The fourth-order valence-corrected chi connectivity index (χ4v) is 4.00. The Labute approximate surface area is 139 Å². The van der Waals surface area contributed by atoms with Gasteiger partial charge in [0, 0.05) is 17.6 Å². The summed E-state index contributed by atoms with van der Waals surface area (Å²) < 4.78 is 0. The molecule has 24 heavy (non-hydrogen) atoms. The summed E-state index contributed by atoms with van der Waals surface area (Å²) in [5.41, 5.74) is 1.09. The van der Waals surface area contributed by atoms with Gasteiger partial charge in [0.15, 0.2) is 0 Å². The van der Waals surface area contributed by atoms with Gasteiger partial charge >= 0.3 is 0 Å². The van der Waals surface area contributed by atoms with Crippen LogP contribution in [-0.4, -0.2) is 18.3 Å². The van der Waals surface area contributed by atoms with Crippen LogP contribution in [0.2, 0.25) is 0 Å². The molecule has 0 unspecified atom stereocenters. The Kier molecular flexibility index (Phi) is 2.88. The molecular weight excluding hydrogens is 294 g/mol. The van der Waals surface area contributed by atoms with Gasteiger partial charge in [0.05, 0.1) is 6.61 Å². The van der Waals surface area contributed by atoms with E-state index in [2.05, 4.69) is 72.0 Å². The number of hydrogen-bond donors (Lipinski definition) is 2. The van der Waals surface area contributed by atoms with E-state index in [1.54, 1.807) is 0 Å². The molecule has 0 heterocycles. The number of nitrogens with one attached hydrogen (secondary N) is 1. The number of hydrogen-bond acceptors (Lipinski definition) is 2. The number of aliphatic hydroxyl groups excluding tert-OH is 1. The van der Waals surface area contributed by atoms with Gasteiger partial charge in [0.2, 0.25) is 0 Å². The smallest absolute Gasteiger partial charge is 0.0604 e. The summed E-state index contributed by atoms with van der Waals surface area (Å²) in [5, 5.41) is 22.9. The molecule has 0 atom stereocenters. The van der Waals surface area contributed by atoms with E-state index >= 15 is 0 Å². The van der Waals surface area contributed by atoms with Crippen LogP contribution >= 0.6 is 0 Å². The summed E-state index contributed by atoms with van der Waals surface area (Å²) in [4.78, 5) is 0. The lowest BCUT2D eigenvalue weighted by molar-refractivity contribution is 0.311. The van der Waals surface area contributed by atoms with Crippen molar-refractivity contribution in [1.82, 2.24) is 0 Å². The van der Waals surface area contributed by atoms with Crippen molar-refractivity contribution >= 4 is 48.8 Å². The Balaban J connectivity index is 2.10. The summed E-state index contributed by atoms with van der Waals surface area (Å²) >= 11 is 0. The number of anilines is 1. The van der Waals surface area contributed by atoms with Gasteiger partial charge in [0.25, 0.3) is 0 Å². The third-order valence-corrected chi connectivity index (χ3v) is 4.94.